The van der Waals surface area contributed by atoms with Crippen LogP contribution in [0.15, 0.2) is 58.4 Å². The first-order valence-electron chi connectivity index (χ1n) is 12.1. The zero-order valence-corrected chi connectivity index (χ0v) is 21.5. The molecule has 0 saturated heterocycles. The summed E-state index contributed by atoms with van der Waals surface area (Å²) >= 11 is 1.53. The number of carbonyl (C=O) groups excluding carboxylic acids is 1. The predicted molar refractivity (Wildman–Crippen MR) is 142 cm³/mol. The fourth-order valence-corrected chi connectivity index (χ4v) is 5.68. The summed E-state index contributed by atoms with van der Waals surface area (Å²) in [6, 6.07) is 15.2. The van der Waals surface area contributed by atoms with Gasteiger partial charge in [0.15, 0.2) is 16.3 Å². The summed E-state index contributed by atoms with van der Waals surface area (Å²) in [5.41, 5.74) is 4.99. The van der Waals surface area contributed by atoms with E-state index < -0.39 is 5.91 Å². The van der Waals surface area contributed by atoms with Gasteiger partial charge in [-0.1, -0.05) is 42.5 Å². The number of thiophene rings is 1. The van der Waals surface area contributed by atoms with Gasteiger partial charge >= 0.3 is 0 Å². The first-order valence-corrected chi connectivity index (χ1v) is 12.9. The highest BCUT2D eigenvalue weighted by Crippen LogP contribution is 2.35. The molecule has 1 unspecified atom stereocenters. The number of nitrogens with one attached hydrogen (secondary N) is 1. The second kappa shape index (κ2) is 10.9. The number of rotatable bonds is 8. The number of hydrogen-bond acceptors (Lipinski definition) is 8. The number of aromatic nitrogens is 3. The lowest BCUT2D eigenvalue weighted by molar-refractivity contribution is -0.121. The lowest BCUT2D eigenvalue weighted by atomic mass is 9.89. The maximum absolute atomic E-state index is 13.0. The number of amides is 1. The summed E-state index contributed by atoms with van der Waals surface area (Å²) < 4.78 is 12.4. The smallest absolute Gasteiger partial charge is 0.279 e. The van der Waals surface area contributed by atoms with Crippen molar-refractivity contribution in [1.82, 2.24) is 20.4 Å². The van der Waals surface area contributed by atoms with Gasteiger partial charge < -0.3 is 9.47 Å². The molecule has 1 aliphatic carbocycles. The SMILES string of the molecule is COc1cc(/C=N/NC(=O)Cn2nnc3sc4c(c3c2=O)CCC(C)C4)ccc1OCc1ccccc1. The zero-order valence-electron chi connectivity index (χ0n) is 20.6. The molecule has 4 aromatic rings. The molecule has 0 spiro atoms. The Morgan fingerprint density at radius 2 is 2.08 bits per heavy atom. The summed E-state index contributed by atoms with van der Waals surface area (Å²) in [6.07, 6.45) is 4.35. The highest BCUT2D eigenvalue weighted by atomic mass is 32.1. The van der Waals surface area contributed by atoms with Crippen molar-refractivity contribution in [3.8, 4) is 11.5 Å². The molecular formula is C27H27N5O4S. The van der Waals surface area contributed by atoms with Crippen molar-refractivity contribution in [3.63, 3.8) is 0 Å². The van der Waals surface area contributed by atoms with Crippen LogP contribution < -0.4 is 20.5 Å². The fraction of sp³-hybridized carbons (Fsp3) is 0.296. The van der Waals surface area contributed by atoms with E-state index in [4.69, 9.17) is 9.47 Å². The van der Waals surface area contributed by atoms with Crippen molar-refractivity contribution in [2.75, 3.05) is 7.11 Å². The quantitative estimate of drug-likeness (QED) is 0.282. The fourth-order valence-electron chi connectivity index (χ4n) is 4.36. The second-order valence-corrected chi connectivity index (χ2v) is 10.1. The van der Waals surface area contributed by atoms with Crippen molar-refractivity contribution in [1.29, 1.82) is 0 Å². The summed E-state index contributed by atoms with van der Waals surface area (Å²) in [7, 11) is 1.56. The number of benzene rings is 2. The van der Waals surface area contributed by atoms with Crippen LogP contribution >= 0.6 is 11.3 Å². The van der Waals surface area contributed by atoms with Crippen LogP contribution in [0.3, 0.4) is 0 Å². The molecule has 2 aromatic carbocycles. The molecule has 1 amide bonds. The highest BCUT2D eigenvalue weighted by molar-refractivity contribution is 7.18. The Bertz CT molecular complexity index is 1510. The average molecular weight is 518 g/mol. The molecule has 0 fully saturated rings. The molecule has 1 N–H and O–H groups in total. The number of nitrogens with zero attached hydrogens (tertiary/aromatic N) is 4. The monoisotopic (exact) mass is 517 g/mol. The topological polar surface area (TPSA) is 108 Å². The third kappa shape index (κ3) is 5.54. The average Bonchev–Trinajstić information content (AvgIpc) is 3.28. The maximum Gasteiger partial charge on any atom is 0.279 e. The minimum absolute atomic E-state index is 0.268. The van der Waals surface area contributed by atoms with E-state index in [-0.39, 0.29) is 12.1 Å². The minimum atomic E-state index is -0.473. The van der Waals surface area contributed by atoms with Gasteiger partial charge in [-0.05, 0) is 60.1 Å². The van der Waals surface area contributed by atoms with Crippen LogP contribution in [0.4, 0.5) is 0 Å². The molecule has 1 atom stereocenters. The molecular weight excluding hydrogens is 490 g/mol. The van der Waals surface area contributed by atoms with Gasteiger partial charge in [0, 0.05) is 4.88 Å². The van der Waals surface area contributed by atoms with Crippen molar-refractivity contribution in [2.45, 2.75) is 39.3 Å². The molecule has 190 valence electrons. The predicted octanol–water partition coefficient (Wildman–Crippen LogP) is 3.72. The third-order valence-electron chi connectivity index (χ3n) is 6.31. The van der Waals surface area contributed by atoms with E-state index in [0.29, 0.717) is 39.8 Å². The van der Waals surface area contributed by atoms with Crippen LogP contribution in [0.1, 0.15) is 34.9 Å². The van der Waals surface area contributed by atoms with E-state index in [2.05, 4.69) is 27.8 Å². The summed E-state index contributed by atoms with van der Waals surface area (Å²) in [5, 5.41) is 12.8. The van der Waals surface area contributed by atoms with E-state index in [1.807, 2.05) is 36.4 Å². The van der Waals surface area contributed by atoms with Crippen molar-refractivity contribution in [2.24, 2.45) is 11.0 Å². The van der Waals surface area contributed by atoms with Crippen LogP contribution in [0.2, 0.25) is 0 Å². The standard InChI is InChI=1S/C27H27N5O4S/c1-17-8-10-20-23(12-17)37-26-25(20)27(34)32(31-30-26)15-24(33)29-28-14-19-9-11-21(22(13-19)35-2)36-16-18-6-4-3-5-7-18/h3-7,9,11,13-14,17H,8,10,12,15-16H2,1-2H3,(H,29,33)/b28-14+. The molecule has 0 aliphatic heterocycles. The molecule has 37 heavy (non-hydrogen) atoms. The van der Waals surface area contributed by atoms with Gasteiger partial charge in [-0.25, -0.2) is 10.1 Å². The summed E-state index contributed by atoms with van der Waals surface area (Å²) in [6.45, 7) is 2.37. The molecule has 0 bridgehead atoms. The number of ether oxygens (including phenoxy) is 2. The van der Waals surface area contributed by atoms with Crippen LogP contribution in [0, 0.1) is 5.92 Å². The van der Waals surface area contributed by atoms with Gasteiger partial charge in [0.1, 0.15) is 13.2 Å². The van der Waals surface area contributed by atoms with Crippen LogP contribution in [-0.2, 0) is 30.8 Å². The van der Waals surface area contributed by atoms with E-state index in [9.17, 15) is 9.59 Å². The maximum atomic E-state index is 13.0. The molecule has 2 heterocycles. The van der Waals surface area contributed by atoms with Crippen LogP contribution in [0.5, 0.6) is 11.5 Å². The first-order chi connectivity index (χ1) is 18.0. The Balaban J connectivity index is 1.22. The molecule has 0 radical (unpaired) electrons. The van der Waals surface area contributed by atoms with Crippen molar-refractivity contribution < 1.29 is 14.3 Å². The number of hydrazone groups is 1. The minimum Gasteiger partial charge on any atom is -0.493 e. The Morgan fingerprint density at radius 3 is 2.89 bits per heavy atom. The molecule has 2 aromatic heterocycles. The molecule has 5 rings (SSSR count). The van der Waals surface area contributed by atoms with Gasteiger partial charge in [-0.15, -0.1) is 16.4 Å². The molecule has 0 saturated carbocycles. The molecule has 9 nitrogen and oxygen atoms in total. The van der Waals surface area contributed by atoms with Crippen LogP contribution in [0.25, 0.3) is 10.2 Å². The Hall–Kier alpha value is -4.05. The number of fused-ring (bicyclic) bond motifs is 3. The van der Waals surface area contributed by atoms with Crippen LogP contribution in [-0.4, -0.2) is 34.2 Å². The Morgan fingerprint density at radius 1 is 1.24 bits per heavy atom. The first kappa shape index (κ1) is 24.6. The largest absolute Gasteiger partial charge is 0.493 e. The summed E-state index contributed by atoms with van der Waals surface area (Å²) in [5.74, 6) is 1.28. The number of aryl methyl sites for hydroxylation is 1. The van der Waals surface area contributed by atoms with Gasteiger partial charge in [-0.2, -0.15) is 5.10 Å². The number of methoxy groups -OCH3 is 1. The lowest BCUT2D eigenvalue weighted by Crippen LogP contribution is -2.32. The third-order valence-corrected chi connectivity index (χ3v) is 7.44. The molecule has 1 aliphatic rings. The highest BCUT2D eigenvalue weighted by Gasteiger charge is 2.24. The Kier molecular flexibility index (Phi) is 7.27. The molecule has 10 heteroatoms. The van der Waals surface area contributed by atoms with Gasteiger partial charge in [0.2, 0.25) is 0 Å². The van der Waals surface area contributed by atoms with Crippen molar-refractivity contribution >= 4 is 33.7 Å². The van der Waals surface area contributed by atoms with Crippen molar-refractivity contribution in [3.05, 3.63) is 80.5 Å². The lowest BCUT2D eigenvalue weighted by Gasteiger charge is -2.17. The van der Waals surface area contributed by atoms with E-state index in [1.54, 1.807) is 19.2 Å². The van der Waals surface area contributed by atoms with E-state index >= 15 is 0 Å². The number of carbonyl (C=O) groups is 1. The Labute approximate surface area is 217 Å². The van der Waals surface area contributed by atoms with Gasteiger partial charge in [0.05, 0.1) is 18.7 Å². The van der Waals surface area contributed by atoms with Gasteiger partial charge in [0.25, 0.3) is 11.5 Å². The second-order valence-electron chi connectivity index (χ2n) is 9.06. The zero-order chi connectivity index (χ0) is 25.8. The van der Waals surface area contributed by atoms with E-state index in [0.717, 1.165) is 35.1 Å². The van der Waals surface area contributed by atoms with E-state index in [1.165, 1.54) is 22.4 Å². The normalized spacial score (nSPS) is 15.0. The number of hydrogen-bond donors (Lipinski definition) is 1. The summed E-state index contributed by atoms with van der Waals surface area (Å²) in [4.78, 5) is 27.4. The van der Waals surface area contributed by atoms with Gasteiger partial charge in [-0.3, -0.25) is 9.59 Å².